The molecule has 6 nitrogen and oxygen atoms in total. The molecule has 2 fully saturated rings. The Hall–Kier alpha value is -2.41. The van der Waals surface area contributed by atoms with Gasteiger partial charge in [-0.2, -0.15) is 0 Å². The zero-order valence-corrected chi connectivity index (χ0v) is 13.0. The lowest BCUT2D eigenvalue weighted by Gasteiger charge is -2.20. The average Bonchev–Trinajstić information content (AvgIpc) is 3.28. The number of anilines is 1. The lowest BCUT2D eigenvalue weighted by Crippen LogP contribution is -2.28. The van der Waals surface area contributed by atoms with E-state index >= 15 is 0 Å². The number of halogens is 1. The van der Waals surface area contributed by atoms with Gasteiger partial charge in [0.1, 0.15) is 5.56 Å². The second kappa shape index (κ2) is 5.31. The van der Waals surface area contributed by atoms with E-state index in [1.165, 1.54) is 6.07 Å². The van der Waals surface area contributed by atoms with Gasteiger partial charge in [-0.15, -0.1) is 0 Å². The van der Waals surface area contributed by atoms with Crippen molar-refractivity contribution in [3.63, 3.8) is 0 Å². The molecule has 3 N–H and O–H groups in total. The number of hydrogen-bond acceptors (Lipinski definition) is 4. The van der Waals surface area contributed by atoms with Crippen molar-refractivity contribution < 1.29 is 14.3 Å². The fourth-order valence-corrected chi connectivity index (χ4v) is 3.45. The van der Waals surface area contributed by atoms with E-state index in [9.17, 15) is 19.1 Å². The second-order valence-electron chi connectivity index (χ2n) is 6.65. The van der Waals surface area contributed by atoms with Crippen molar-refractivity contribution in [2.75, 3.05) is 18.0 Å². The van der Waals surface area contributed by atoms with Gasteiger partial charge in [-0.3, -0.25) is 9.20 Å². The van der Waals surface area contributed by atoms with Crippen LogP contribution in [-0.2, 0) is 0 Å². The van der Waals surface area contributed by atoms with Crippen molar-refractivity contribution in [3.8, 4) is 0 Å². The van der Waals surface area contributed by atoms with Crippen LogP contribution in [-0.4, -0.2) is 34.6 Å². The van der Waals surface area contributed by atoms with Gasteiger partial charge < -0.3 is 15.7 Å². The summed E-state index contributed by atoms with van der Waals surface area (Å²) in [4.78, 5) is 25.6. The third kappa shape index (κ3) is 2.36. The van der Waals surface area contributed by atoms with Crippen LogP contribution in [0.2, 0.25) is 0 Å². The lowest BCUT2D eigenvalue weighted by atomic mass is 10.1. The summed E-state index contributed by atoms with van der Waals surface area (Å²) in [5, 5.41) is 9.25. The van der Waals surface area contributed by atoms with Crippen molar-refractivity contribution >= 4 is 17.2 Å². The van der Waals surface area contributed by atoms with E-state index in [-0.39, 0.29) is 17.5 Å². The van der Waals surface area contributed by atoms with Crippen molar-refractivity contribution in [2.24, 2.45) is 5.73 Å². The molecule has 0 aromatic carbocycles. The standard InChI is InChI=1S/C17H18FN3O3/c18-13-8-21-14(6-15(13)20-4-3-10(19)7-20)11(9-1-2-9)5-12(16(21)22)17(23)24/h5-6,8-10H,1-4,7,19H2,(H,23,24). The number of nitrogens with zero attached hydrogens (tertiary/aromatic N) is 2. The average molecular weight is 331 g/mol. The summed E-state index contributed by atoms with van der Waals surface area (Å²) >= 11 is 0. The molecular formula is C17H18FN3O3. The van der Waals surface area contributed by atoms with Crippen LogP contribution in [0.15, 0.2) is 23.1 Å². The summed E-state index contributed by atoms with van der Waals surface area (Å²) in [6.07, 6.45) is 3.81. The maximum Gasteiger partial charge on any atom is 0.341 e. The highest BCUT2D eigenvalue weighted by Gasteiger charge is 2.30. The maximum atomic E-state index is 14.6. The van der Waals surface area contributed by atoms with Crippen molar-refractivity contribution in [3.05, 3.63) is 45.6 Å². The molecule has 24 heavy (non-hydrogen) atoms. The topological polar surface area (TPSA) is 88.0 Å². The van der Waals surface area contributed by atoms with Crippen LogP contribution < -0.4 is 16.2 Å². The summed E-state index contributed by atoms with van der Waals surface area (Å²) < 4.78 is 15.7. The molecule has 1 saturated carbocycles. The minimum absolute atomic E-state index is 0.0140. The Bertz CT molecular complexity index is 904. The fourth-order valence-electron chi connectivity index (χ4n) is 3.45. The molecule has 2 aliphatic rings. The van der Waals surface area contributed by atoms with Gasteiger partial charge in [0.25, 0.3) is 5.56 Å². The Morgan fingerprint density at radius 2 is 2.04 bits per heavy atom. The molecule has 1 aliphatic heterocycles. The summed E-state index contributed by atoms with van der Waals surface area (Å²) in [7, 11) is 0. The van der Waals surface area contributed by atoms with Crippen molar-refractivity contribution in [1.82, 2.24) is 4.40 Å². The summed E-state index contributed by atoms with van der Waals surface area (Å²) in [6, 6.07) is 3.13. The maximum absolute atomic E-state index is 14.6. The van der Waals surface area contributed by atoms with Gasteiger partial charge >= 0.3 is 5.97 Å². The van der Waals surface area contributed by atoms with Crippen LogP contribution in [0.25, 0.3) is 5.52 Å². The molecule has 126 valence electrons. The molecule has 0 spiro atoms. The number of hydrogen-bond donors (Lipinski definition) is 2. The predicted octanol–water partition coefficient (Wildman–Crippen LogP) is 1.55. The van der Waals surface area contributed by atoms with Gasteiger partial charge in [0.2, 0.25) is 0 Å². The van der Waals surface area contributed by atoms with Crippen LogP contribution in [0.4, 0.5) is 10.1 Å². The molecule has 3 heterocycles. The third-order valence-corrected chi connectivity index (χ3v) is 4.88. The molecule has 1 aliphatic carbocycles. The monoisotopic (exact) mass is 331 g/mol. The quantitative estimate of drug-likeness (QED) is 0.891. The van der Waals surface area contributed by atoms with E-state index in [0.717, 1.165) is 35.4 Å². The first kappa shape index (κ1) is 15.1. The van der Waals surface area contributed by atoms with Gasteiger partial charge in [-0.1, -0.05) is 0 Å². The number of aromatic nitrogens is 1. The largest absolute Gasteiger partial charge is 0.477 e. The fraction of sp³-hybridized carbons (Fsp3) is 0.412. The lowest BCUT2D eigenvalue weighted by molar-refractivity contribution is 0.0694. The first-order chi connectivity index (χ1) is 11.5. The van der Waals surface area contributed by atoms with E-state index in [2.05, 4.69) is 0 Å². The third-order valence-electron chi connectivity index (χ3n) is 4.88. The molecule has 0 bridgehead atoms. The molecule has 1 saturated heterocycles. The van der Waals surface area contributed by atoms with Crippen molar-refractivity contribution in [1.29, 1.82) is 0 Å². The second-order valence-corrected chi connectivity index (χ2v) is 6.65. The molecule has 1 unspecified atom stereocenters. The molecule has 7 heteroatoms. The number of aromatic carboxylic acids is 1. The molecule has 0 amide bonds. The van der Waals surface area contributed by atoms with Gasteiger partial charge in [0, 0.05) is 19.1 Å². The Balaban J connectivity index is 1.95. The Morgan fingerprint density at radius 1 is 1.29 bits per heavy atom. The number of pyridine rings is 2. The van der Waals surface area contributed by atoms with Crippen LogP contribution in [0, 0.1) is 5.82 Å². The summed E-state index contributed by atoms with van der Waals surface area (Å²) in [6.45, 7) is 1.24. The van der Waals surface area contributed by atoms with Crippen LogP contribution >= 0.6 is 0 Å². The van der Waals surface area contributed by atoms with E-state index in [1.54, 1.807) is 6.07 Å². The Labute approximate surface area is 137 Å². The van der Waals surface area contributed by atoms with E-state index in [0.29, 0.717) is 24.3 Å². The number of fused-ring (bicyclic) bond motifs is 1. The number of rotatable bonds is 3. The normalized spacial score (nSPS) is 20.8. The zero-order chi connectivity index (χ0) is 17.0. The molecule has 2 aromatic heterocycles. The minimum atomic E-state index is -1.29. The van der Waals surface area contributed by atoms with E-state index < -0.39 is 17.3 Å². The van der Waals surface area contributed by atoms with Crippen LogP contribution in [0.5, 0.6) is 0 Å². The SMILES string of the molecule is NC1CCN(c2cc3c(C4CC4)cc(C(=O)O)c(=O)n3cc2F)C1. The summed E-state index contributed by atoms with van der Waals surface area (Å²) in [5.74, 6) is -1.59. The summed E-state index contributed by atoms with van der Waals surface area (Å²) in [5.41, 5.74) is 6.70. The molecule has 2 aromatic rings. The smallest absolute Gasteiger partial charge is 0.341 e. The van der Waals surface area contributed by atoms with Crippen LogP contribution in [0.1, 0.15) is 41.1 Å². The predicted molar refractivity (Wildman–Crippen MR) is 87.4 cm³/mol. The van der Waals surface area contributed by atoms with Gasteiger partial charge in [0.15, 0.2) is 5.82 Å². The number of carbonyl (C=O) groups is 1. The molecule has 1 atom stereocenters. The Kier molecular flexibility index (Phi) is 3.35. The minimum Gasteiger partial charge on any atom is -0.477 e. The van der Waals surface area contributed by atoms with Crippen molar-refractivity contribution in [2.45, 2.75) is 31.2 Å². The highest BCUT2D eigenvalue weighted by atomic mass is 19.1. The van der Waals surface area contributed by atoms with Gasteiger partial charge in [0.05, 0.1) is 17.4 Å². The molecular weight excluding hydrogens is 313 g/mol. The van der Waals surface area contributed by atoms with Gasteiger partial charge in [-0.05, 0) is 42.9 Å². The highest BCUT2D eigenvalue weighted by Crippen LogP contribution is 2.42. The van der Waals surface area contributed by atoms with Gasteiger partial charge in [-0.25, -0.2) is 9.18 Å². The van der Waals surface area contributed by atoms with Crippen LogP contribution in [0.3, 0.4) is 0 Å². The molecule has 4 rings (SSSR count). The first-order valence-corrected chi connectivity index (χ1v) is 8.08. The van der Waals surface area contributed by atoms with E-state index in [1.807, 2.05) is 4.90 Å². The Morgan fingerprint density at radius 3 is 2.62 bits per heavy atom. The highest BCUT2D eigenvalue weighted by molar-refractivity contribution is 5.88. The number of nitrogens with two attached hydrogens (primary N) is 1. The first-order valence-electron chi connectivity index (χ1n) is 8.08. The molecule has 0 radical (unpaired) electrons. The van der Waals surface area contributed by atoms with E-state index in [4.69, 9.17) is 5.73 Å². The zero-order valence-electron chi connectivity index (χ0n) is 13.0. The number of carboxylic acids is 1. The number of carboxylic acid groups (broad SMARTS) is 1.